The summed E-state index contributed by atoms with van der Waals surface area (Å²) >= 11 is 0. The number of ether oxygens (including phenoxy) is 1. The van der Waals surface area contributed by atoms with Gasteiger partial charge in [-0.05, 0) is 78.8 Å². The molecule has 0 fully saturated rings. The number of anilines is 2. The van der Waals surface area contributed by atoms with Gasteiger partial charge in [-0.3, -0.25) is 4.79 Å². The van der Waals surface area contributed by atoms with E-state index in [1.165, 1.54) is 6.08 Å². The molecule has 38 heavy (non-hydrogen) atoms. The Morgan fingerprint density at radius 2 is 2.00 bits per heavy atom. The number of para-hydroxylation sites is 1. The van der Waals surface area contributed by atoms with Crippen LogP contribution in [0.25, 0.3) is 16.7 Å². The van der Waals surface area contributed by atoms with Crippen LogP contribution in [0.2, 0.25) is 0 Å². The topological polar surface area (TPSA) is 93.5 Å². The van der Waals surface area contributed by atoms with E-state index in [0.29, 0.717) is 24.7 Å². The maximum absolute atomic E-state index is 13.6. The second kappa shape index (κ2) is 11.0. The summed E-state index contributed by atoms with van der Waals surface area (Å²) in [7, 11) is 0. The summed E-state index contributed by atoms with van der Waals surface area (Å²) in [5, 5.41) is 6.63. The zero-order valence-corrected chi connectivity index (χ0v) is 21.8. The Morgan fingerprint density at radius 1 is 1.16 bits per heavy atom. The summed E-state index contributed by atoms with van der Waals surface area (Å²) in [5.74, 6) is -0.328. The minimum absolute atomic E-state index is 0.0551. The molecule has 7 heteroatoms. The van der Waals surface area contributed by atoms with E-state index in [9.17, 15) is 9.59 Å². The lowest BCUT2D eigenvalue weighted by Crippen LogP contribution is -2.36. The Hall–Kier alpha value is -4.23. The maximum atomic E-state index is 13.6. The molecular weight excluding hydrogens is 478 g/mol. The quantitative estimate of drug-likeness (QED) is 0.227. The number of hydrogen-bond donors (Lipinski definition) is 2. The molecule has 0 amide bonds. The lowest BCUT2D eigenvalue weighted by molar-refractivity contribution is -0.137. The van der Waals surface area contributed by atoms with Gasteiger partial charge in [0.25, 0.3) is 6.01 Å². The van der Waals surface area contributed by atoms with Gasteiger partial charge in [0.05, 0.1) is 12.6 Å². The summed E-state index contributed by atoms with van der Waals surface area (Å²) in [5.41, 5.74) is 7.94. The van der Waals surface area contributed by atoms with Gasteiger partial charge in [-0.15, -0.1) is 0 Å². The molecule has 0 spiro atoms. The predicted molar refractivity (Wildman–Crippen MR) is 148 cm³/mol. The molecule has 1 atom stereocenters. The van der Waals surface area contributed by atoms with Crippen LogP contribution in [-0.4, -0.2) is 29.9 Å². The number of benzene rings is 3. The standard InChI is InChI=1S/C31H31N3O4/c1-4-37-28(36)16-20(3)23-10-7-9-22-14-15-32-30(29(22)23)26(35)17-21-12-13-25-27(18-21)38-31(34-25)33-24-11-6-5-8-19(24)2/h5-13,16,18,30,32H,4,14-15,17H2,1-3H3,(H,33,34). The van der Waals surface area contributed by atoms with Gasteiger partial charge < -0.3 is 19.8 Å². The number of aromatic nitrogens is 1. The van der Waals surface area contributed by atoms with Crippen LogP contribution in [0.4, 0.5) is 11.7 Å². The number of ketones is 1. The van der Waals surface area contributed by atoms with E-state index < -0.39 is 6.04 Å². The molecule has 1 aliphatic heterocycles. The lowest BCUT2D eigenvalue weighted by atomic mass is 9.84. The van der Waals surface area contributed by atoms with Crippen LogP contribution in [0, 0.1) is 6.92 Å². The van der Waals surface area contributed by atoms with Gasteiger partial charge in [0.2, 0.25) is 0 Å². The van der Waals surface area contributed by atoms with Gasteiger partial charge in [0, 0.05) is 24.7 Å². The molecule has 1 aromatic heterocycles. The van der Waals surface area contributed by atoms with Crippen LogP contribution < -0.4 is 10.6 Å². The van der Waals surface area contributed by atoms with Crippen molar-refractivity contribution in [3.8, 4) is 0 Å². The van der Waals surface area contributed by atoms with E-state index in [1.54, 1.807) is 6.92 Å². The number of fused-ring (bicyclic) bond motifs is 2. The molecule has 5 rings (SSSR count). The molecule has 3 aromatic carbocycles. The van der Waals surface area contributed by atoms with Crippen molar-refractivity contribution >= 4 is 40.1 Å². The molecule has 4 aromatic rings. The van der Waals surface area contributed by atoms with Crippen molar-refractivity contribution in [2.45, 2.75) is 39.7 Å². The number of nitrogens with one attached hydrogen (secondary N) is 2. The number of rotatable bonds is 8. The van der Waals surface area contributed by atoms with Gasteiger partial charge >= 0.3 is 5.97 Å². The van der Waals surface area contributed by atoms with Crippen molar-refractivity contribution in [3.63, 3.8) is 0 Å². The number of hydrogen-bond acceptors (Lipinski definition) is 7. The summed E-state index contributed by atoms with van der Waals surface area (Å²) in [6, 6.07) is 19.5. The van der Waals surface area contributed by atoms with Crippen molar-refractivity contribution in [3.05, 3.63) is 94.6 Å². The van der Waals surface area contributed by atoms with E-state index in [0.717, 1.165) is 51.0 Å². The molecule has 7 nitrogen and oxygen atoms in total. The average Bonchev–Trinajstić information content (AvgIpc) is 3.31. The third kappa shape index (κ3) is 5.38. The van der Waals surface area contributed by atoms with E-state index >= 15 is 0 Å². The lowest BCUT2D eigenvalue weighted by Gasteiger charge is -2.29. The fraction of sp³-hybridized carbons (Fsp3) is 0.258. The number of oxazole rings is 1. The van der Waals surface area contributed by atoms with E-state index in [4.69, 9.17) is 9.15 Å². The average molecular weight is 510 g/mol. The van der Waals surface area contributed by atoms with E-state index in [2.05, 4.69) is 21.7 Å². The fourth-order valence-electron chi connectivity index (χ4n) is 4.95. The highest BCUT2D eigenvalue weighted by Crippen LogP contribution is 2.33. The number of carbonyl (C=O) groups is 2. The first-order valence-corrected chi connectivity index (χ1v) is 12.9. The Balaban J connectivity index is 1.38. The summed E-state index contributed by atoms with van der Waals surface area (Å²) < 4.78 is 11.0. The number of allylic oxidation sites excluding steroid dienone is 1. The third-order valence-electron chi connectivity index (χ3n) is 6.81. The van der Waals surface area contributed by atoms with E-state index in [1.807, 2.05) is 68.4 Å². The highest BCUT2D eigenvalue weighted by Gasteiger charge is 2.29. The number of carbonyl (C=O) groups excluding carboxylic acids is 2. The third-order valence-corrected chi connectivity index (χ3v) is 6.81. The largest absolute Gasteiger partial charge is 0.463 e. The van der Waals surface area contributed by atoms with Gasteiger partial charge in [-0.2, -0.15) is 4.98 Å². The maximum Gasteiger partial charge on any atom is 0.331 e. The highest BCUT2D eigenvalue weighted by atomic mass is 16.5. The first kappa shape index (κ1) is 25.4. The number of Topliss-reactive ketones (excluding diaryl/α,β-unsaturated/α-hetero) is 1. The Bertz CT molecular complexity index is 1540. The Morgan fingerprint density at radius 3 is 2.82 bits per heavy atom. The minimum Gasteiger partial charge on any atom is -0.463 e. The molecule has 194 valence electrons. The predicted octanol–water partition coefficient (Wildman–Crippen LogP) is 5.84. The number of aryl methyl sites for hydroxylation is 1. The Labute approximate surface area is 221 Å². The van der Waals surface area contributed by atoms with Crippen molar-refractivity contribution in [1.82, 2.24) is 10.3 Å². The van der Waals surface area contributed by atoms with Crippen LogP contribution in [0.15, 0.2) is 71.2 Å². The first-order chi connectivity index (χ1) is 18.4. The molecule has 2 heterocycles. The zero-order valence-electron chi connectivity index (χ0n) is 21.8. The Kier molecular flexibility index (Phi) is 7.38. The highest BCUT2D eigenvalue weighted by molar-refractivity contribution is 5.94. The first-order valence-electron chi connectivity index (χ1n) is 12.9. The van der Waals surface area contributed by atoms with Crippen molar-refractivity contribution in [1.29, 1.82) is 0 Å². The second-order valence-corrected chi connectivity index (χ2v) is 9.50. The normalized spacial score (nSPS) is 15.2. The monoisotopic (exact) mass is 509 g/mol. The van der Waals surface area contributed by atoms with Gasteiger partial charge in [-0.1, -0.05) is 42.5 Å². The van der Waals surface area contributed by atoms with Crippen LogP contribution >= 0.6 is 0 Å². The van der Waals surface area contributed by atoms with Gasteiger partial charge in [-0.25, -0.2) is 4.79 Å². The van der Waals surface area contributed by atoms with Crippen molar-refractivity contribution in [2.75, 3.05) is 18.5 Å². The van der Waals surface area contributed by atoms with Crippen LogP contribution in [-0.2, 0) is 27.2 Å². The summed E-state index contributed by atoms with van der Waals surface area (Å²) in [6.07, 6.45) is 2.55. The van der Waals surface area contributed by atoms with Crippen molar-refractivity contribution in [2.24, 2.45) is 0 Å². The summed E-state index contributed by atoms with van der Waals surface area (Å²) in [4.78, 5) is 30.2. The van der Waals surface area contributed by atoms with Gasteiger partial charge in [0.1, 0.15) is 5.52 Å². The molecule has 0 saturated carbocycles. The van der Waals surface area contributed by atoms with Crippen LogP contribution in [0.5, 0.6) is 0 Å². The van der Waals surface area contributed by atoms with E-state index in [-0.39, 0.29) is 18.2 Å². The van der Waals surface area contributed by atoms with Gasteiger partial charge in [0.15, 0.2) is 11.4 Å². The zero-order chi connectivity index (χ0) is 26.6. The SMILES string of the molecule is CCOC(=O)C=C(C)c1cccc2c1C(C(=O)Cc1ccc3nc(Nc4ccccc4C)oc3c1)NCC2. The fourth-order valence-corrected chi connectivity index (χ4v) is 4.95. The molecule has 0 bridgehead atoms. The molecule has 1 aliphatic rings. The molecule has 1 unspecified atom stereocenters. The minimum atomic E-state index is -0.468. The van der Waals surface area contributed by atoms with Crippen LogP contribution in [0.3, 0.4) is 0 Å². The molecule has 0 saturated heterocycles. The number of nitrogens with zero attached hydrogens (tertiary/aromatic N) is 1. The number of esters is 1. The molecule has 2 N–H and O–H groups in total. The molecular formula is C31H31N3O4. The van der Waals surface area contributed by atoms with Crippen molar-refractivity contribution < 1.29 is 18.7 Å². The smallest absolute Gasteiger partial charge is 0.331 e. The molecule has 0 aliphatic carbocycles. The molecule has 0 radical (unpaired) electrons. The second-order valence-electron chi connectivity index (χ2n) is 9.50. The summed E-state index contributed by atoms with van der Waals surface area (Å²) in [6.45, 7) is 6.70. The van der Waals surface area contributed by atoms with Crippen LogP contribution in [0.1, 0.15) is 47.7 Å².